The van der Waals surface area contributed by atoms with Gasteiger partial charge in [0.2, 0.25) is 0 Å². The van der Waals surface area contributed by atoms with Gasteiger partial charge in [-0.1, -0.05) is 0 Å². The van der Waals surface area contributed by atoms with Crippen LogP contribution in [0.25, 0.3) is 11.0 Å². The maximum Gasteiger partial charge on any atom is 0.338 e. The largest absolute Gasteiger partial charge is 0.449 e. The number of rotatable bonds is 5. The van der Waals surface area contributed by atoms with Crippen LogP contribution in [0.3, 0.4) is 0 Å². The molecule has 1 heterocycles. The van der Waals surface area contributed by atoms with Crippen molar-refractivity contribution in [2.24, 2.45) is 0 Å². The highest BCUT2D eigenvalue weighted by atomic mass is 16.5. The van der Waals surface area contributed by atoms with E-state index in [0.29, 0.717) is 27.8 Å². The van der Waals surface area contributed by atoms with Crippen molar-refractivity contribution in [2.45, 2.75) is 33.8 Å². The van der Waals surface area contributed by atoms with Gasteiger partial charge in [0.15, 0.2) is 11.9 Å². The normalized spacial score (nSPS) is 11.7. The highest BCUT2D eigenvalue weighted by Crippen LogP contribution is 2.16. The number of ether oxygens (including phenoxy) is 1. The molecular formula is C22H21N3O4. The van der Waals surface area contributed by atoms with Gasteiger partial charge in [-0.25, -0.2) is 14.8 Å². The second-order valence-corrected chi connectivity index (χ2v) is 6.77. The molecule has 3 aromatic rings. The van der Waals surface area contributed by atoms with Gasteiger partial charge in [0, 0.05) is 11.3 Å². The van der Waals surface area contributed by atoms with Gasteiger partial charge in [-0.3, -0.25) is 9.59 Å². The molecule has 0 aliphatic carbocycles. The number of nitrogens with zero attached hydrogens (tertiary/aromatic N) is 2. The molecule has 0 unspecified atom stereocenters. The van der Waals surface area contributed by atoms with E-state index in [9.17, 15) is 14.4 Å². The smallest absolute Gasteiger partial charge is 0.338 e. The zero-order valence-corrected chi connectivity index (χ0v) is 16.6. The van der Waals surface area contributed by atoms with Crippen LogP contribution in [-0.4, -0.2) is 33.7 Å². The zero-order valence-electron chi connectivity index (χ0n) is 16.6. The number of carbonyl (C=O) groups is 3. The molecule has 0 bridgehead atoms. The Labute approximate surface area is 168 Å². The number of aryl methyl sites for hydroxylation is 2. The molecule has 0 saturated carbocycles. The quantitative estimate of drug-likeness (QED) is 0.527. The number of Topliss-reactive ketones (excluding diaryl/α,β-unsaturated/α-hetero) is 1. The van der Waals surface area contributed by atoms with Crippen LogP contribution in [-0.2, 0) is 9.53 Å². The average molecular weight is 391 g/mol. The van der Waals surface area contributed by atoms with Gasteiger partial charge in [0.05, 0.1) is 28.0 Å². The number of amides is 1. The minimum absolute atomic E-state index is 0.0596. The molecule has 0 saturated heterocycles. The molecule has 1 aromatic heterocycles. The summed E-state index contributed by atoms with van der Waals surface area (Å²) >= 11 is 0. The number of carbonyl (C=O) groups excluding carboxylic acids is 3. The van der Waals surface area contributed by atoms with Crippen LogP contribution >= 0.6 is 0 Å². The lowest BCUT2D eigenvalue weighted by atomic mass is 10.1. The van der Waals surface area contributed by atoms with Crippen LogP contribution in [0.1, 0.15) is 46.0 Å². The first kappa shape index (κ1) is 20.1. The van der Waals surface area contributed by atoms with Crippen LogP contribution in [0.5, 0.6) is 0 Å². The fourth-order valence-corrected chi connectivity index (χ4v) is 2.67. The predicted octanol–water partition coefficient (Wildman–Crippen LogP) is 3.63. The lowest BCUT2D eigenvalue weighted by molar-refractivity contribution is -0.123. The molecule has 7 nitrogen and oxygen atoms in total. The third-order valence-corrected chi connectivity index (χ3v) is 4.52. The lowest BCUT2D eigenvalue weighted by Gasteiger charge is -2.14. The summed E-state index contributed by atoms with van der Waals surface area (Å²) in [5.74, 6) is -1.15. The highest BCUT2D eigenvalue weighted by molar-refractivity contribution is 5.99. The maximum absolute atomic E-state index is 12.4. The molecule has 0 radical (unpaired) electrons. The molecule has 0 aliphatic heterocycles. The average Bonchev–Trinajstić information content (AvgIpc) is 2.68. The lowest BCUT2D eigenvalue weighted by Crippen LogP contribution is -2.30. The second-order valence-electron chi connectivity index (χ2n) is 6.77. The Hall–Kier alpha value is -3.61. The Kier molecular flexibility index (Phi) is 5.68. The van der Waals surface area contributed by atoms with E-state index in [1.54, 1.807) is 42.5 Å². The summed E-state index contributed by atoms with van der Waals surface area (Å²) in [7, 11) is 0. The van der Waals surface area contributed by atoms with E-state index in [-0.39, 0.29) is 5.78 Å². The monoisotopic (exact) mass is 391 g/mol. The van der Waals surface area contributed by atoms with Gasteiger partial charge >= 0.3 is 5.97 Å². The van der Waals surface area contributed by atoms with E-state index >= 15 is 0 Å². The van der Waals surface area contributed by atoms with Gasteiger partial charge in [0.25, 0.3) is 5.91 Å². The molecule has 1 amide bonds. The fraction of sp³-hybridized carbons (Fsp3) is 0.227. The van der Waals surface area contributed by atoms with E-state index in [4.69, 9.17) is 4.74 Å². The van der Waals surface area contributed by atoms with Crippen molar-refractivity contribution >= 4 is 34.4 Å². The molecule has 0 fully saturated rings. The molecule has 3 rings (SSSR count). The minimum Gasteiger partial charge on any atom is -0.449 e. The molecular weight excluding hydrogens is 370 g/mol. The topological polar surface area (TPSA) is 98.2 Å². The van der Waals surface area contributed by atoms with E-state index in [1.807, 2.05) is 13.8 Å². The molecule has 29 heavy (non-hydrogen) atoms. The standard InChI is InChI=1S/C22H21N3O4/c1-12-13(2)24-20-11-17(7-10-19(20)23-12)22(28)29-15(4)21(27)25-18-8-5-16(6-9-18)14(3)26/h5-11,15H,1-4H3,(H,25,27)/t15-/m1/s1. The van der Waals surface area contributed by atoms with Crippen molar-refractivity contribution in [1.82, 2.24) is 9.97 Å². The van der Waals surface area contributed by atoms with Crippen LogP contribution in [0.2, 0.25) is 0 Å². The summed E-state index contributed by atoms with van der Waals surface area (Å²) in [6.07, 6.45) is -1.00. The second kappa shape index (κ2) is 8.18. The molecule has 1 N–H and O–H groups in total. The summed E-state index contributed by atoms with van der Waals surface area (Å²) in [6, 6.07) is 11.4. The van der Waals surface area contributed by atoms with Crippen LogP contribution in [0.4, 0.5) is 5.69 Å². The van der Waals surface area contributed by atoms with Crippen molar-refractivity contribution in [1.29, 1.82) is 0 Å². The number of benzene rings is 2. The predicted molar refractivity (Wildman–Crippen MR) is 109 cm³/mol. The van der Waals surface area contributed by atoms with E-state index in [0.717, 1.165) is 11.4 Å². The Balaban J connectivity index is 1.67. The van der Waals surface area contributed by atoms with E-state index in [2.05, 4.69) is 15.3 Å². The Morgan fingerprint density at radius 2 is 1.48 bits per heavy atom. The molecule has 1 atom stereocenters. The molecule has 2 aromatic carbocycles. The SMILES string of the molecule is CC(=O)c1ccc(NC(=O)[C@@H](C)OC(=O)c2ccc3nc(C)c(C)nc3c2)cc1. The first-order chi connectivity index (χ1) is 13.7. The van der Waals surface area contributed by atoms with E-state index in [1.165, 1.54) is 13.8 Å². The first-order valence-electron chi connectivity index (χ1n) is 9.12. The molecule has 148 valence electrons. The number of hydrogen-bond acceptors (Lipinski definition) is 6. The summed E-state index contributed by atoms with van der Waals surface area (Å²) in [5, 5.41) is 2.66. The van der Waals surface area contributed by atoms with Gasteiger partial charge < -0.3 is 10.1 Å². The first-order valence-corrected chi connectivity index (χ1v) is 9.12. The third-order valence-electron chi connectivity index (χ3n) is 4.52. The Morgan fingerprint density at radius 1 is 0.897 bits per heavy atom. The van der Waals surface area contributed by atoms with E-state index < -0.39 is 18.0 Å². The van der Waals surface area contributed by atoms with Crippen molar-refractivity contribution in [2.75, 3.05) is 5.32 Å². The molecule has 7 heteroatoms. The summed E-state index contributed by atoms with van der Waals surface area (Å²) in [6.45, 7) is 6.68. The van der Waals surface area contributed by atoms with Gasteiger partial charge in [-0.15, -0.1) is 0 Å². The maximum atomic E-state index is 12.4. The summed E-state index contributed by atoms with van der Waals surface area (Å²) < 4.78 is 5.28. The number of ketones is 1. The van der Waals surface area contributed by atoms with Crippen LogP contribution in [0.15, 0.2) is 42.5 Å². The van der Waals surface area contributed by atoms with Gasteiger partial charge in [-0.2, -0.15) is 0 Å². The summed E-state index contributed by atoms with van der Waals surface area (Å²) in [5.41, 5.74) is 4.23. The number of esters is 1. The number of hydrogen-bond donors (Lipinski definition) is 1. The van der Waals surface area contributed by atoms with Crippen molar-refractivity contribution in [3.8, 4) is 0 Å². The fourth-order valence-electron chi connectivity index (χ4n) is 2.67. The number of nitrogens with one attached hydrogen (secondary N) is 1. The number of aromatic nitrogens is 2. The Bertz CT molecular complexity index is 1110. The third kappa shape index (κ3) is 4.63. The molecule has 0 spiro atoms. The van der Waals surface area contributed by atoms with Crippen molar-refractivity contribution in [3.05, 3.63) is 65.0 Å². The summed E-state index contributed by atoms with van der Waals surface area (Å²) in [4.78, 5) is 44.9. The van der Waals surface area contributed by atoms with Crippen LogP contribution in [0, 0.1) is 13.8 Å². The van der Waals surface area contributed by atoms with Crippen molar-refractivity contribution in [3.63, 3.8) is 0 Å². The Morgan fingerprint density at radius 3 is 2.10 bits per heavy atom. The van der Waals surface area contributed by atoms with Crippen molar-refractivity contribution < 1.29 is 19.1 Å². The van der Waals surface area contributed by atoms with Gasteiger partial charge in [-0.05, 0) is 70.2 Å². The minimum atomic E-state index is -1.00. The molecule has 0 aliphatic rings. The number of anilines is 1. The van der Waals surface area contributed by atoms with Crippen LogP contribution < -0.4 is 5.32 Å². The number of fused-ring (bicyclic) bond motifs is 1. The highest BCUT2D eigenvalue weighted by Gasteiger charge is 2.20. The zero-order chi connectivity index (χ0) is 21.1. The van der Waals surface area contributed by atoms with Gasteiger partial charge in [0.1, 0.15) is 0 Å².